The first-order chi connectivity index (χ1) is 13.2. The average molecular weight is 375 g/mol. The van der Waals surface area contributed by atoms with Crippen LogP contribution in [0.4, 0.5) is 0 Å². The van der Waals surface area contributed by atoms with Gasteiger partial charge in [-0.1, -0.05) is 0 Å². The Kier molecular flexibility index (Phi) is 7.14. The number of piperazine rings is 1. The molecule has 0 bridgehead atoms. The number of imidazole rings is 1. The highest BCUT2D eigenvalue weighted by Gasteiger charge is 2.21. The number of rotatable bonds is 9. The lowest BCUT2D eigenvalue weighted by atomic mass is 10.3. The molecule has 148 valence electrons. The average Bonchev–Trinajstić information content (AvgIpc) is 3.01. The zero-order valence-corrected chi connectivity index (χ0v) is 16.3. The Bertz CT molecular complexity index is 740. The number of aromatic nitrogens is 3. The molecule has 0 aromatic carbocycles. The van der Waals surface area contributed by atoms with Crippen LogP contribution in [0.2, 0.25) is 0 Å². The van der Waals surface area contributed by atoms with Crippen molar-refractivity contribution in [2.75, 3.05) is 52.5 Å². The monoisotopic (exact) mass is 375 g/mol. The summed E-state index contributed by atoms with van der Waals surface area (Å²) in [4.78, 5) is 25.5. The molecule has 0 radical (unpaired) electrons. The molecule has 8 nitrogen and oxygen atoms in total. The van der Waals surface area contributed by atoms with Crippen molar-refractivity contribution < 1.29 is 14.3 Å². The van der Waals surface area contributed by atoms with Crippen molar-refractivity contribution in [1.82, 2.24) is 24.3 Å². The highest BCUT2D eigenvalue weighted by atomic mass is 16.5. The van der Waals surface area contributed by atoms with Crippen LogP contribution in [0.25, 0.3) is 11.2 Å². The molecule has 0 saturated carbocycles. The molecular weight excluding hydrogens is 346 g/mol. The predicted octanol–water partition coefficient (Wildman–Crippen LogP) is 1.15. The highest BCUT2D eigenvalue weighted by molar-refractivity contribution is 5.71. The van der Waals surface area contributed by atoms with Crippen LogP contribution in [0.3, 0.4) is 0 Å². The molecule has 8 heteroatoms. The summed E-state index contributed by atoms with van der Waals surface area (Å²) in [6.45, 7) is 11.0. The van der Waals surface area contributed by atoms with E-state index in [4.69, 9.17) is 14.5 Å². The molecular formula is C19H29N5O3. The second kappa shape index (κ2) is 9.77. The molecule has 2 aromatic rings. The van der Waals surface area contributed by atoms with Gasteiger partial charge in [-0.05, 0) is 26.0 Å². The van der Waals surface area contributed by atoms with E-state index in [0.29, 0.717) is 26.4 Å². The molecule has 1 saturated heterocycles. The maximum absolute atomic E-state index is 11.6. The summed E-state index contributed by atoms with van der Waals surface area (Å²) in [5.74, 6) is 0.872. The summed E-state index contributed by atoms with van der Waals surface area (Å²) in [5.41, 5.74) is 1.83. The molecule has 2 aromatic heterocycles. The van der Waals surface area contributed by atoms with Crippen molar-refractivity contribution in [2.45, 2.75) is 26.9 Å². The van der Waals surface area contributed by atoms with E-state index in [1.165, 1.54) is 0 Å². The lowest BCUT2D eigenvalue weighted by Gasteiger charge is -2.33. The Morgan fingerprint density at radius 2 is 1.93 bits per heavy atom. The van der Waals surface area contributed by atoms with E-state index in [0.717, 1.165) is 56.3 Å². The van der Waals surface area contributed by atoms with Crippen LogP contribution in [0.5, 0.6) is 0 Å². The van der Waals surface area contributed by atoms with Gasteiger partial charge in [-0.3, -0.25) is 14.6 Å². The molecule has 0 spiro atoms. The van der Waals surface area contributed by atoms with Crippen molar-refractivity contribution in [3.8, 4) is 0 Å². The van der Waals surface area contributed by atoms with E-state index in [9.17, 15) is 4.79 Å². The number of nitrogens with zero attached hydrogens (tertiary/aromatic N) is 5. The Balaban J connectivity index is 1.61. The molecule has 27 heavy (non-hydrogen) atoms. The summed E-state index contributed by atoms with van der Waals surface area (Å²) in [6.07, 6.45) is 1.80. The Labute approximate surface area is 160 Å². The molecule has 0 N–H and O–H groups in total. The Morgan fingerprint density at radius 3 is 2.67 bits per heavy atom. The Hall–Kier alpha value is -2.03. The maximum Gasteiger partial charge on any atom is 0.320 e. The van der Waals surface area contributed by atoms with Crippen LogP contribution in [0, 0.1) is 0 Å². The van der Waals surface area contributed by atoms with Crippen molar-refractivity contribution in [3.63, 3.8) is 0 Å². The largest absolute Gasteiger partial charge is 0.465 e. The molecule has 1 fully saturated rings. The van der Waals surface area contributed by atoms with Crippen LogP contribution < -0.4 is 0 Å². The van der Waals surface area contributed by atoms with E-state index in [-0.39, 0.29) is 5.97 Å². The fraction of sp³-hybridized carbons (Fsp3) is 0.632. The zero-order chi connectivity index (χ0) is 19.1. The minimum Gasteiger partial charge on any atom is -0.465 e. The third-order valence-corrected chi connectivity index (χ3v) is 4.73. The van der Waals surface area contributed by atoms with E-state index in [2.05, 4.69) is 19.4 Å². The van der Waals surface area contributed by atoms with Crippen molar-refractivity contribution >= 4 is 17.1 Å². The molecule has 0 unspecified atom stereocenters. The second-order valence-electron chi connectivity index (χ2n) is 6.58. The number of carbonyl (C=O) groups is 1. The molecule has 0 aliphatic carbocycles. The van der Waals surface area contributed by atoms with E-state index >= 15 is 0 Å². The van der Waals surface area contributed by atoms with Crippen molar-refractivity contribution in [1.29, 1.82) is 0 Å². The number of hydrogen-bond donors (Lipinski definition) is 0. The van der Waals surface area contributed by atoms with Gasteiger partial charge in [0.2, 0.25) is 0 Å². The summed E-state index contributed by atoms with van der Waals surface area (Å²) >= 11 is 0. The molecule has 0 atom stereocenters. The van der Waals surface area contributed by atoms with Crippen LogP contribution in [0.15, 0.2) is 18.3 Å². The third kappa shape index (κ3) is 5.24. The lowest BCUT2D eigenvalue weighted by Crippen LogP contribution is -2.47. The molecule has 0 amide bonds. The normalized spacial score (nSPS) is 16.1. The summed E-state index contributed by atoms with van der Waals surface area (Å²) in [5, 5.41) is 0. The van der Waals surface area contributed by atoms with Gasteiger partial charge in [0.25, 0.3) is 0 Å². The van der Waals surface area contributed by atoms with Gasteiger partial charge in [0.05, 0.1) is 26.3 Å². The summed E-state index contributed by atoms with van der Waals surface area (Å²) < 4.78 is 12.7. The van der Waals surface area contributed by atoms with Crippen LogP contribution >= 0.6 is 0 Å². The predicted molar refractivity (Wildman–Crippen MR) is 102 cm³/mol. The van der Waals surface area contributed by atoms with E-state index in [1.54, 1.807) is 6.20 Å². The first-order valence-electron chi connectivity index (χ1n) is 9.69. The van der Waals surface area contributed by atoms with Gasteiger partial charge in [-0.15, -0.1) is 0 Å². The molecule has 1 aliphatic rings. The van der Waals surface area contributed by atoms with Crippen molar-refractivity contribution in [3.05, 3.63) is 24.2 Å². The van der Waals surface area contributed by atoms with Crippen molar-refractivity contribution in [2.24, 2.45) is 0 Å². The van der Waals surface area contributed by atoms with Gasteiger partial charge in [0.1, 0.15) is 11.3 Å². The van der Waals surface area contributed by atoms with Gasteiger partial charge in [-0.25, -0.2) is 9.97 Å². The van der Waals surface area contributed by atoms with Crippen LogP contribution in [-0.2, 0) is 27.4 Å². The number of esters is 1. The third-order valence-electron chi connectivity index (χ3n) is 4.73. The number of ether oxygens (including phenoxy) is 2. The number of carbonyl (C=O) groups excluding carboxylic acids is 1. The van der Waals surface area contributed by atoms with Gasteiger partial charge in [-0.2, -0.15) is 0 Å². The maximum atomic E-state index is 11.6. The fourth-order valence-corrected chi connectivity index (χ4v) is 3.36. The molecule has 3 rings (SSSR count). The SMILES string of the molecule is CCOCCn1c(CN2CCN(CC(=O)OCC)CC2)nc2cccnc21. The van der Waals surface area contributed by atoms with Gasteiger partial charge >= 0.3 is 5.97 Å². The summed E-state index contributed by atoms with van der Waals surface area (Å²) in [6, 6.07) is 3.92. The first-order valence-corrected chi connectivity index (χ1v) is 9.69. The fourth-order valence-electron chi connectivity index (χ4n) is 3.36. The number of hydrogen-bond acceptors (Lipinski definition) is 7. The number of fused-ring (bicyclic) bond motifs is 1. The lowest BCUT2D eigenvalue weighted by molar-refractivity contribution is -0.144. The summed E-state index contributed by atoms with van der Waals surface area (Å²) in [7, 11) is 0. The van der Waals surface area contributed by atoms with Crippen LogP contribution in [0.1, 0.15) is 19.7 Å². The standard InChI is InChI=1S/C19H29N5O3/c1-3-26-13-12-24-17(21-16-6-5-7-20-19(16)24)14-22-8-10-23(11-9-22)15-18(25)27-4-2/h5-7H,3-4,8-15H2,1-2H3. The van der Waals surface area contributed by atoms with E-state index < -0.39 is 0 Å². The zero-order valence-electron chi connectivity index (χ0n) is 16.3. The minimum atomic E-state index is -0.144. The van der Waals surface area contributed by atoms with Gasteiger partial charge in [0, 0.05) is 45.5 Å². The smallest absolute Gasteiger partial charge is 0.320 e. The number of pyridine rings is 1. The first kappa shape index (κ1) is 19.7. The quantitative estimate of drug-likeness (QED) is 0.481. The second-order valence-corrected chi connectivity index (χ2v) is 6.58. The molecule has 1 aliphatic heterocycles. The van der Waals surface area contributed by atoms with Gasteiger partial charge < -0.3 is 14.0 Å². The highest BCUT2D eigenvalue weighted by Crippen LogP contribution is 2.16. The van der Waals surface area contributed by atoms with Gasteiger partial charge in [0.15, 0.2) is 5.65 Å². The van der Waals surface area contributed by atoms with Crippen LogP contribution in [-0.4, -0.2) is 82.8 Å². The topological polar surface area (TPSA) is 72.7 Å². The Morgan fingerprint density at radius 1 is 1.15 bits per heavy atom. The van der Waals surface area contributed by atoms with E-state index in [1.807, 2.05) is 26.0 Å². The minimum absolute atomic E-state index is 0.144. The molecule has 3 heterocycles.